The third-order valence-electron chi connectivity index (χ3n) is 7.82. The number of likely N-dealkylation sites (N-methyl/N-ethyl adjacent to an activating group) is 1. The van der Waals surface area contributed by atoms with Gasteiger partial charge in [-0.05, 0) is 49.9 Å². The molecular weight excluding hydrogens is 434 g/mol. The number of nitro benzene ring substituents is 1. The third-order valence-corrected chi connectivity index (χ3v) is 7.82. The van der Waals surface area contributed by atoms with Crippen LogP contribution < -0.4 is 4.90 Å². The van der Waals surface area contributed by atoms with Gasteiger partial charge in [0.05, 0.1) is 15.7 Å². The van der Waals surface area contributed by atoms with Crippen molar-refractivity contribution in [3.8, 4) is 0 Å². The van der Waals surface area contributed by atoms with Crippen molar-refractivity contribution in [1.29, 1.82) is 0 Å². The smallest absolute Gasteiger partial charge is 0.269 e. The van der Waals surface area contributed by atoms with Crippen molar-refractivity contribution in [3.05, 3.63) is 99.8 Å². The molecule has 0 unspecified atom stereocenters. The highest BCUT2D eigenvalue weighted by molar-refractivity contribution is 6.07. The molecule has 178 valence electrons. The van der Waals surface area contributed by atoms with E-state index in [0.717, 1.165) is 23.5 Å². The van der Waals surface area contributed by atoms with Gasteiger partial charge in [0, 0.05) is 47.1 Å². The number of non-ortho nitro benzene ring substituents is 1. The molecule has 0 saturated heterocycles. The number of rotatable bonds is 4. The van der Waals surface area contributed by atoms with E-state index in [1.807, 2.05) is 6.07 Å². The molecule has 0 saturated carbocycles. The van der Waals surface area contributed by atoms with E-state index in [9.17, 15) is 10.1 Å². The molecule has 35 heavy (non-hydrogen) atoms. The summed E-state index contributed by atoms with van der Waals surface area (Å²) >= 11 is 0. The van der Waals surface area contributed by atoms with Gasteiger partial charge in [-0.25, -0.2) is 0 Å². The average Bonchev–Trinajstić information content (AvgIpc) is 3.17. The molecule has 3 aromatic carbocycles. The quantitative estimate of drug-likeness (QED) is 0.236. The van der Waals surface area contributed by atoms with Crippen LogP contribution in [0.15, 0.2) is 78.5 Å². The average molecular weight is 467 g/mol. The van der Waals surface area contributed by atoms with Crippen LogP contribution in [0.5, 0.6) is 0 Å². The van der Waals surface area contributed by atoms with Crippen LogP contribution in [-0.2, 0) is 10.8 Å². The third kappa shape index (κ3) is 3.33. The minimum atomic E-state index is -0.331. The van der Waals surface area contributed by atoms with Crippen LogP contribution in [0.25, 0.3) is 10.8 Å². The monoisotopic (exact) mass is 466 g/mol. The lowest BCUT2D eigenvalue weighted by atomic mass is 9.80. The second-order valence-corrected chi connectivity index (χ2v) is 10.5. The van der Waals surface area contributed by atoms with E-state index < -0.39 is 0 Å². The lowest BCUT2D eigenvalue weighted by Crippen LogP contribution is -2.27. The van der Waals surface area contributed by atoms with Crippen LogP contribution in [-0.4, -0.2) is 28.8 Å². The second-order valence-electron chi connectivity index (χ2n) is 10.5. The fourth-order valence-electron chi connectivity index (χ4n) is 5.97. The van der Waals surface area contributed by atoms with Crippen molar-refractivity contribution in [3.63, 3.8) is 0 Å². The molecule has 0 N–H and O–H groups in total. The molecule has 5 rings (SSSR count). The van der Waals surface area contributed by atoms with Gasteiger partial charge in [0.1, 0.15) is 7.05 Å². The van der Waals surface area contributed by atoms with Crippen molar-refractivity contribution in [1.82, 2.24) is 0 Å². The first-order valence-electron chi connectivity index (χ1n) is 12.2. The van der Waals surface area contributed by atoms with Gasteiger partial charge in [0.25, 0.3) is 5.69 Å². The Balaban J connectivity index is 1.57. The lowest BCUT2D eigenvalue weighted by Gasteiger charge is -2.25. The zero-order chi connectivity index (χ0) is 25.1. The van der Waals surface area contributed by atoms with Crippen LogP contribution in [0.1, 0.15) is 45.7 Å². The summed E-state index contributed by atoms with van der Waals surface area (Å²) in [6, 6.07) is 18.2. The first kappa shape index (κ1) is 23.0. The molecule has 0 bridgehead atoms. The van der Waals surface area contributed by atoms with Gasteiger partial charge in [-0.15, -0.1) is 0 Å². The van der Waals surface area contributed by atoms with Gasteiger partial charge in [0.2, 0.25) is 5.69 Å². The molecule has 5 nitrogen and oxygen atoms in total. The summed E-state index contributed by atoms with van der Waals surface area (Å²) in [5.41, 5.74) is 6.73. The maximum Gasteiger partial charge on any atom is 0.269 e. The van der Waals surface area contributed by atoms with Gasteiger partial charge in [-0.2, -0.15) is 4.58 Å². The van der Waals surface area contributed by atoms with E-state index in [-0.39, 0.29) is 21.4 Å². The molecule has 0 fully saturated rings. The van der Waals surface area contributed by atoms with Crippen LogP contribution in [0.3, 0.4) is 0 Å². The van der Waals surface area contributed by atoms with Crippen molar-refractivity contribution < 1.29 is 9.50 Å². The largest absolute Gasteiger partial charge is 0.344 e. The molecule has 0 aliphatic carbocycles. The zero-order valence-corrected chi connectivity index (χ0v) is 21.3. The highest BCUT2D eigenvalue weighted by Gasteiger charge is 2.44. The summed E-state index contributed by atoms with van der Waals surface area (Å²) in [7, 11) is 2.15. The Morgan fingerprint density at radius 2 is 1.74 bits per heavy atom. The Labute approximate surface area is 206 Å². The Morgan fingerprint density at radius 1 is 1.00 bits per heavy atom. The Kier molecular flexibility index (Phi) is 5.20. The van der Waals surface area contributed by atoms with Crippen molar-refractivity contribution in [2.45, 2.75) is 45.4 Å². The summed E-state index contributed by atoms with van der Waals surface area (Å²) in [4.78, 5) is 13.3. The zero-order valence-electron chi connectivity index (χ0n) is 21.3. The lowest BCUT2D eigenvalue weighted by molar-refractivity contribution is -0.399. The normalized spacial score (nSPS) is 19.1. The number of hydrogen-bond acceptors (Lipinski definition) is 3. The number of allylic oxidation sites excluding steroid dienone is 4. The summed E-state index contributed by atoms with van der Waals surface area (Å²) in [6.07, 6.45) is 6.53. The fourth-order valence-corrected chi connectivity index (χ4v) is 5.97. The van der Waals surface area contributed by atoms with E-state index in [2.05, 4.69) is 106 Å². The predicted octanol–water partition coefficient (Wildman–Crippen LogP) is 7.01. The Bertz CT molecular complexity index is 1470. The molecule has 5 heteroatoms. The number of benzene rings is 3. The van der Waals surface area contributed by atoms with E-state index >= 15 is 0 Å². The molecule has 0 aromatic heterocycles. The number of fused-ring (bicyclic) bond motifs is 4. The molecule has 0 amide bonds. The standard InChI is InChI=1S/C30H32N3O2/c1-7-32-25-18-16-21(33(34)35)19-24(25)30(4,5)27(32)14-10-13-26-29(2,3)23-17-15-20-11-8-9-12-22(20)28(23)31(26)6/h8-19H,7H2,1-6H3/q+1. The molecule has 2 heterocycles. The summed E-state index contributed by atoms with van der Waals surface area (Å²) in [5.74, 6) is 0. The first-order valence-corrected chi connectivity index (χ1v) is 12.2. The molecular formula is C30H32N3O2+. The first-order chi connectivity index (χ1) is 16.6. The maximum absolute atomic E-state index is 11.4. The SMILES string of the molecule is CCN1/C(=C\C=C\C2=[N+](C)c3c(ccc4ccccc34)C2(C)C)C(C)(C)c2cc([N+](=O)[O-])ccc21. The highest BCUT2D eigenvalue weighted by Crippen LogP contribution is 2.49. The molecule has 0 spiro atoms. The van der Waals surface area contributed by atoms with E-state index in [1.165, 1.54) is 27.7 Å². The summed E-state index contributed by atoms with van der Waals surface area (Å²) in [6.45, 7) is 11.8. The van der Waals surface area contributed by atoms with Crippen LogP contribution in [0.2, 0.25) is 0 Å². The Morgan fingerprint density at radius 3 is 2.46 bits per heavy atom. The van der Waals surface area contributed by atoms with Crippen LogP contribution in [0, 0.1) is 10.1 Å². The highest BCUT2D eigenvalue weighted by atomic mass is 16.6. The topological polar surface area (TPSA) is 49.4 Å². The predicted molar refractivity (Wildman–Crippen MR) is 144 cm³/mol. The van der Waals surface area contributed by atoms with Crippen molar-refractivity contribution >= 4 is 33.5 Å². The van der Waals surface area contributed by atoms with E-state index in [1.54, 1.807) is 12.1 Å². The van der Waals surface area contributed by atoms with Gasteiger partial charge >= 0.3 is 0 Å². The second kappa shape index (κ2) is 7.91. The maximum atomic E-state index is 11.4. The van der Waals surface area contributed by atoms with Crippen LogP contribution >= 0.6 is 0 Å². The van der Waals surface area contributed by atoms with Crippen LogP contribution in [0.4, 0.5) is 17.1 Å². The molecule has 3 aromatic rings. The molecule has 2 aliphatic rings. The van der Waals surface area contributed by atoms with E-state index in [4.69, 9.17) is 0 Å². The molecule has 0 atom stereocenters. The number of nitrogens with zero attached hydrogens (tertiary/aromatic N) is 3. The number of nitro groups is 1. The van der Waals surface area contributed by atoms with E-state index in [0.29, 0.717) is 0 Å². The minimum absolute atomic E-state index is 0.123. The molecule has 2 aliphatic heterocycles. The number of hydrogen-bond donors (Lipinski definition) is 0. The fraction of sp³-hybridized carbons (Fsp3) is 0.300. The molecule has 0 radical (unpaired) electrons. The summed E-state index contributed by atoms with van der Waals surface area (Å²) < 4.78 is 2.32. The van der Waals surface area contributed by atoms with Gasteiger partial charge < -0.3 is 4.90 Å². The van der Waals surface area contributed by atoms with Gasteiger partial charge in [-0.3, -0.25) is 10.1 Å². The van der Waals surface area contributed by atoms with Crippen molar-refractivity contribution in [2.75, 3.05) is 18.5 Å². The summed E-state index contributed by atoms with van der Waals surface area (Å²) in [5, 5.41) is 13.9. The minimum Gasteiger partial charge on any atom is -0.344 e. The Hall–Kier alpha value is -3.73. The van der Waals surface area contributed by atoms with Gasteiger partial charge in [-0.1, -0.05) is 50.3 Å². The van der Waals surface area contributed by atoms with Gasteiger partial charge in [0.15, 0.2) is 5.71 Å². The number of anilines is 1. The van der Waals surface area contributed by atoms with Crippen molar-refractivity contribution in [2.24, 2.45) is 0 Å².